The third-order valence-electron chi connectivity index (χ3n) is 6.19. The average molecular weight is 631 g/mol. The lowest BCUT2D eigenvalue weighted by atomic mass is 9.81. The van der Waals surface area contributed by atoms with Crippen molar-refractivity contribution < 1.29 is 19.2 Å². The summed E-state index contributed by atoms with van der Waals surface area (Å²) < 4.78 is 0. The van der Waals surface area contributed by atoms with Gasteiger partial charge in [0.15, 0.2) is 5.78 Å². The van der Waals surface area contributed by atoms with Crippen LogP contribution in [0.1, 0.15) is 39.1 Å². The van der Waals surface area contributed by atoms with Crippen molar-refractivity contribution in [2.24, 2.45) is 11.8 Å². The van der Waals surface area contributed by atoms with Gasteiger partial charge in [-0.25, -0.2) is 5.01 Å². The van der Waals surface area contributed by atoms with Crippen LogP contribution in [-0.4, -0.2) is 49.7 Å². The average Bonchev–Trinajstić information content (AvgIpc) is 3.02. The van der Waals surface area contributed by atoms with Crippen molar-refractivity contribution in [1.29, 1.82) is 0 Å². The molecule has 34 heavy (non-hydrogen) atoms. The van der Waals surface area contributed by atoms with E-state index in [0.717, 1.165) is 15.6 Å². The minimum atomic E-state index is -0.728. The maximum atomic E-state index is 13.6. The number of alkyl halides is 2. The first-order chi connectivity index (χ1) is 16.1. The van der Waals surface area contributed by atoms with Crippen LogP contribution in [0.5, 0.6) is 0 Å². The fourth-order valence-corrected chi connectivity index (χ4v) is 6.04. The van der Waals surface area contributed by atoms with Crippen LogP contribution in [0.3, 0.4) is 0 Å². The molecule has 1 aliphatic heterocycles. The summed E-state index contributed by atoms with van der Waals surface area (Å²) in [7, 11) is 0. The molecule has 0 spiro atoms. The molecule has 0 bridgehead atoms. The number of rotatable bonds is 5. The van der Waals surface area contributed by atoms with Crippen molar-refractivity contribution in [3.05, 3.63) is 69.2 Å². The normalized spacial score (nSPS) is 24.2. The van der Waals surface area contributed by atoms with Gasteiger partial charge >= 0.3 is 0 Å². The number of hydrazine groups is 1. The summed E-state index contributed by atoms with van der Waals surface area (Å²) in [4.78, 5) is 53.5. The first-order valence-electron chi connectivity index (χ1n) is 10.6. The predicted octanol–water partition coefficient (Wildman–Crippen LogP) is 5.46. The Bertz CT molecular complexity index is 1150. The summed E-state index contributed by atoms with van der Waals surface area (Å²) >= 11 is 19.4. The van der Waals surface area contributed by atoms with Crippen LogP contribution in [0, 0.1) is 18.8 Å². The van der Waals surface area contributed by atoms with Crippen molar-refractivity contribution >= 4 is 78.6 Å². The molecule has 0 aromatic heterocycles. The number of amides is 3. The van der Waals surface area contributed by atoms with Gasteiger partial charge < -0.3 is 0 Å². The van der Waals surface area contributed by atoms with E-state index in [0.29, 0.717) is 23.4 Å². The van der Waals surface area contributed by atoms with Gasteiger partial charge in [0.1, 0.15) is 6.54 Å². The summed E-state index contributed by atoms with van der Waals surface area (Å²) in [6, 6.07) is 11.2. The van der Waals surface area contributed by atoms with Crippen LogP contribution >= 0.6 is 55.1 Å². The molecule has 0 N–H and O–H groups in total. The van der Waals surface area contributed by atoms with Gasteiger partial charge in [0.2, 0.25) is 0 Å². The van der Waals surface area contributed by atoms with Gasteiger partial charge in [-0.05, 0) is 38.0 Å². The van der Waals surface area contributed by atoms with Crippen LogP contribution < -0.4 is 0 Å². The van der Waals surface area contributed by atoms with E-state index in [4.69, 9.17) is 23.2 Å². The van der Waals surface area contributed by atoms with E-state index < -0.39 is 41.9 Å². The van der Waals surface area contributed by atoms with E-state index in [1.54, 1.807) is 24.3 Å². The number of hydrogen-bond acceptors (Lipinski definition) is 4. The van der Waals surface area contributed by atoms with Gasteiger partial charge in [0, 0.05) is 20.2 Å². The molecule has 4 rings (SSSR count). The maximum absolute atomic E-state index is 13.6. The van der Waals surface area contributed by atoms with Gasteiger partial charge in [0.25, 0.3) is 17.7 Å². The van der Waals surface area contributed by atoms with Gasteiger partial charge in [-0.1, -0.05) is 84.9 Å². The van der Waals surface area contributed by atoms with Gasteiger partial charge in [-0.2, -0.15) is 5.01 Å². The fraction of sp³-hybridized carbons (Fsp3) is 0.333. The second kappa shape index (κ2) is 10.1. The number of Topliss-reactive ketones (excluding diaryl/α,β-unsaturated/α-hetero) is 1. The third kappa shape index (κ3) is 4.83. The number of nitrogens with zero attached hydrogens (tertiary/aromatic N) is 2. The maximum Gasteiger partial charge on any atom is 0.274 e. The van der Waals surface area contributed by atoms with E-state index in [-0.39, 0.29) is 20.2 Å². The Labute approximate surface area is 223 Å². The zero-order chi connectivity index (χ0) is 24.7. The minimum absolute atomic E-state index is 0.00880. The van der Waals surface area contributed by atoms with Crippen molar-refractivity contribution in [1.82, 2.24) is 10.0 Å². The molecule has 1 saturated heterocycles. The van der Waals surface area contributed by atoms with Crippen LogP contribution in [-0.2, 0) is 9.59 Å². The topological polar surface area (TPSA) is 74.8 Å². The molecule has 1 heterocycles. The highest BCUT2D eigenvalue weighted by Crippen LogP contribution is 2.43. The quantitative estimate of drug-likeness (QED) is 0.250. The molecule has 1 aliphatic carbocycles. The molecule has 178 valence electrons. The largest absolute Gasteiger partial charge is 0.292 e. The molecule has 1 saturated carbocycles. The lowest BCUT2D eigenvalue weighted by molar-refractivity contribution is -0.154. The molecule has 2 aliphatic rings. The number of hydrogen-bond donors (Lipinski definition) is 0. The third-order valence-corrected chi connectivity index (χ3v) is 9.47. The Balaban J connectivity index is 1.72. The van der Waals surface area contributed by atoms with E-state index in [2.05, 4.69) is 31.9 Å². The van der Waals surface area contributed by atoms with Crippen LogP contribution in [0.15, 0.2) is 42.5 Å². The van der Waals surface area contributed by atoms with Gasteiger partial charge in [0.05, 0.1) is 22.4 Å². The minimum Gasteiger partial charge on any atom is -0.292 e. The summed E-state index contributed by atoms with van der Waals surface area (Å²) in [6.45, 7) is 1.40. The molecular formula is C24H20Br2Cl2N2O4. The second-order valence-electron chi connectivity index (χ2n) is 8.48. The number of halogens is 4. The number of benzene rings is 2. The van der Waals surface area contributed by atoms with Gasteiger partial charge in [-0.3, -0.25) is 19.2 Å². The molecule has 3 amide bonds. The monoisotopic (exact) mass is 628 g/mol. The molecule has 10 heteroatoms. The zero-order valence-electron chi connectivity index (χ0n) is 18.0. The lowest BCUT2D eigenvalue weighted by Gasteiger charge is -2.30. The van der Waals surface area contributed by atoms with Gasteiger partial charge in [-0.15, -0.1) is 0 Å². The molecule has 6 nitrogen and oxygen atoms in total. The summed E-state index contributed by atoms with van der Waals surface area (Å²) in [5.41, 5.74) is 1.37. The fourth-order valence-electron chi connectivity index (χ4n) is 4.32. The zero-order valence-corrected chi connectivity index (χ0v) is 22.7. The number of ketones is 1. The Morgan fingerprint density at radius 1 is 0.971 bits per heavy atom. The molecule has 4 atom stereocenters. The van der Waals surface area contributed by atoms with Crippen LogP contribution in [0.2, 0.25) is 10.0 Å². The summed E-state index contributed by atoms with van der Waals surface area (Å²) in [5, 5.41) is 2.16. The number of imide groups is 1. The Morgan fingerprint density at radius 2 is 1.53 bits per heavy atom. The first-order valence-corrected chi connectivity index (χ1v) is 13.2. The highest BCUT2D eigenvalue weighted by Gasteiger charge is 2.54. The molecule has 0 radical (unpaired) electrons. The standard InChI is InChI=1S/C24H20Br2Cl2N2O4/c1-12-2-4-13(5-3-12)21(31)11-29(22(32)15-7-6-14(27)8-20(15)28)30-23(33)16-9-18(25)19(26)10-17(16)24(30)34/h2-8,16-19H,9-11H2,1H3/t16-,17+,18-,19-/m0/s1. The van der Waals surface area contributed by atoms with Crippen molar-refractivity contribution in [3.8, 4) is 0 Å². The highest BCUT2D eigenvalue weighted by molar-refractivity contribution is 9.12. The molecule has 0 unspecified atom stereocenters. The first kappa shape index (κ1) is 25.4. The Kier molecular flexibility index (Phi) is 7.53. The molecule has 2 fully saturated rings. The number of carbonyl (C=O) groups is 4. The molecule has 2 aromatic carbocycles. The predicted molar refractivity (Wildman–Crippen MR) is 137 cm³/mol. The molecular weight excluding hydrogens is 611 g/mol. The Morgan fingerprint density at radius 3 is 2.06 bits per heavy atom. The highest BCUT2D eigenvalue weighted by atomic mass is 79.9. The number of aryl methyl sites for hydroxylation is 1. The second-order valence-corrected chi connectivity index (χ2v) is 11.7. The number of carbonyl (C=O) groups excluding carboxylic acids is 4. The summed E-state index contributed by atoms with van der Waals surface area (Å²) in [5.74, 6) is -3.27. The van der Waals surface area contributed by atoms with E-state index in [1.165, 1.54) is 18.2 Å². The van der Waals surface area contributed by atoms with Crippen molar-refractivity contribution in [3.63, 3.8) is 0 Å². The lowest BCUT2D eigenvalue weighted by Crippen LogP contribution is -2.52. The Hall–Kier alpha value is -1.74. The van der Waals surface area contributed by atoms with Crippen molar-refractivity contribution in [2.45, 2.75) is 29.4 Å². The van der Waals surface area contributed by atoms with E-state index in [1.807, 2.05) is 6.92 Å². The SMILES string of the molecule is Cc1ccc(C(=O)CN(C(=O)c2ccc(Cl)cc2Cl)N2C(=O)[C@H]3C[C@H](Br)[C@@H](Br)C[C@H]3C2=O)cc1. The number of fused-ring (bicyclic) bond motifs is 1. The van der Waals surface area contributed by atoms with Crippen LogP contribution in [0.4, 0.5) is 0 Å². The smallest absolute Gasteiger partial charge is 0.274 e. The van der Waals surface area contributed by atoms with E-state index in [9.17, 15) is 19.2 Å². The van der Waals surface area contributed by atoms with E-state index >= 15 is 0 Å². The van der Waals surface area contributed by atoms with Crippen molar-refractivity contribution in [2.75, 3.05) is 6.54 Å². The summed E-state index contributed by atoms with van der Waals surface area (Å²) in [6.07, 6.45) is 0.884. The molecule has 2 aromatic rings. The van der Waals surface area contributed by atoms with Crippen LogP contribution in [0.25, 0.3) is 0 Å².